The van der Waals surface area contributed by atoms with E-state index in [2.05, 4.69) is 25.7 Å². The van der Waals surface area contributed by atoms with Gasteiger partial charge in [-0.25, -0.2) is 13.4 Å². The normalized spacial score (nSPS) is 18.1. The number of amidine groups is 1. The first-order valence-electron chi connectivity index (χ1n) is 12.9. The van der Waals surface area contributed by atoms with Crippen molar-refractivity contribution in [3.8, 4) is 17.2 Å². The zero-order valence-corrected chi connectivity index (χ0v) is 23.7. The molecule has 3 aromatic rings. The van der Waals surface area contributed by atoms with Crippen molar-refractivity contribution in [2.45, 2.75) is 51.0 Å². The standard InChI is InChI=1S/C30H35N3O4S/c1-20-7-13-26-28(17-20)37-27-14-10-23(36-6)18-25(27)29(31-26)32-15-16-33(21(2)19-32)38(34,35)24-11-8-22(9-12-24)30(3,4)5/h7-14,17-18,21H,15-16,19H2,1-6H3/t21-/m1/s1. The molecule has 1 fully saturated rings. The summed E-state index contributed by atoms with van der Waals surface area (Å²) in [6.07, 6.45) is 0. The fraction of sp³-hybridized carbons (Fsp3) is 0.367. The number of aryl methyl sites for hydroxylation is 1. The van der Waals surface area contributed by atoms with E-state index >= 15 is 0 Å². The van der Waals surface area contributed by atoms with Gasteiger partial charge in [0, 0.05) is 25.7 Å². The van der Waals surface area contributed by atoms with Crippen LogP contribution in [0.5, 0.6) is 17.2 Å². The average molecular weight is 534 g/mol. The van der Waals surface area contributed by atoms with E-state index in [1.807, 2.05) is 62.4 Å². The molecule has 0 aliphatic carbocycles. The minimum atomic E-state index is -3.64. The van der Waals surface area contributed by atoms with Crippen LogP contribution in [0.2, 0.25) is 0 Å². The average Bonchev–Trinajstić information content (AvgIpc) is 3.03. The summed E-state index contributed by atoms with van der Waals surface area (Å²) in [5.74, 6) is 2.84. The third-order valence-electron chi connectivity index (χ3n) is 7.18. The summed E-state index contributed by atoms with van der Waals surface area (Å²) in [5, 5.41) is 0. The highest BCUT2D eigenvalue weighted by Gasteiger charge is 2.36. The van der Waals surface area contributed by atoms with Crippen LogP contribution in [-0.2, 0) is 15.4 Å². The molecule has 0 N–H and O–H groups in total. The third kappa shape index (κ3) is 4.90. The molecule has 3 aromatic carbocycles. The first-order valence-corrected chi connectivity index (χ1v) is 14.3. The third-order valence-corrected chi connectivity index (χ3v) is 9.21. The number of hydrogen-bond acceptors (Lipinski definition) is 6. The van der Waals surface area contributed by atoms with Gasteiger partial charge in [0.05, 0.1) is 17.6 Å². The van der Waals surface area contributed by atoms with Gasteiger partial charge in [0.2, 0.25) is 10.0 Å². The van der Waals surface area contributed by atoms with Crippen molar-refractivity contribution >= 4 is 21.5 Å². The lowest BCUT2D eigenvalue weighted by Crippen LogP contribution is -2.55. The molecule has 2 aliphatic rings. The quantitative estimate of drug-likeness (QED) is 0.420. The highest BCUT2D eigenvalue weighted by Crippen LogP contribution is 2.40. The minimum Gasteiger partial charge on any atom is -0.497 e. The summed E-state index contributed by atoms with van der Waals surface area (Å²) in [4.78, 5) is 7.50. The summed E-state index contributed by atoms with van der Waals surface area (Å²) in [5.41, 5.74) is 3.70. The fourth-order valence-electron chi connectivity index (χ4n) is 4.98. The van der Waals surface area contributed by atoms with E-state index in [1.165, 1.54) is 0 Å². The van der Waals surface area contributed by atoms with Gasteiger partial charge in [-0.3, -0.25) is 0 Å². The SMILES string of the molecule is COc1ccc2c(c1)C(N1CCN(S(=O)(=O)c3ccc(C(C)(C)C)cc3)[C@H](C)C1)=Nc1ccc(C)cc1O2. The van der Waals surface area contributed by atoms with Gasteiger partial charge in [0.15, 0.2) is 5.75 Å². The molecule has 5 rings (SSSR count). The van der Waals surface area contributed by atoms with Crippen LogP contribution in [0.3, 0.4) is 0 Å². The van der Waals surface area contributed by atoms with E-state index in [0.29, 0.717) is 41.8 Å². The number of nitrogens with zero attached hydrogens (tertiary/aromatic N) is 3. The number of ether oxygens (including phenoxy) is 2. The minimum absolute atomic E-state index is 0.0410. The van der Waals surface area contributed by atoms with E-state index in [-0.39, 0.29) is 11.5 Å². The largest absolute Gasteiger partial charge is 0.497 e. The van der Waals surface area contributed by atoms with Gasteiger partial charge in [0.25, 0.3) is 0 Å². The second kappa shape index (κ2) is 9.75. The Morgan fingerprint density at radius 3 is 2.37 bits per heavy atom. The Morgan fingerprint density at radius 1 is 0.974 bits per heavy atom. The molecule has 0 radical (unpaired) electrons. The Balaban J connectivity index is 1.46. The van der Waals surface area contributed by atoms with Crippen LogP contribution >= 0.6 is 0 Å². The number of aliphatic imine (C=N–C) groups is 1. The molecule has 0 bridgehead atoms. The summed E-state index contributed by atoms with van der Waals surface area (Å²) in [6.45, 7) is 11.7. The van der Waals surface area contributed by atoms with Crippen molar-refractivity contribution in [1.82, 2.24) is 9.21 Å². The van der Waals surface area contributed by atoms with Crippen molar-refractivity contribution < 1.29 is 17.9 Å². The topological polar surface area (TPSA) is 71.4 Å². The number of methoxy groups -OCH3 is 1. The smallest absolute Gasteiger partial charge is 0.243 e. The zero-order chi connectivity index (χ0) is 27.2. The van der Waals surface area contributed by atoms with E-state index in [1.54, 1.807) is 23.5 Å². The maximum Gasteiger partial charge on any atom is 0.243 e. The molecule has 38 heavy (non-hydrogen) atoms. The second-order valence-corrected chi connectivity index (χ2v) is 12.9. The Labute approximate surface area is 225 Å². The molecule has 0 aromatic heterocycles. The number of fused-ring (bicyclic) bond motifs is 2. The molecular weight excluding hydrogens is 498 g/mol. The molecule has 1 atom stereocenters. The number of piperazine rings is 1. The van der Waals surface area contributed by atoms with Crippen molar-refractivity contribution in [1.29, 1.82) is 0 Å². The summed E-state index contributed by atoms with van der Waals surface area (Å²) in [7, 11) is -2.00. The van der Waals surface area contributed by atoms with Crippen molar-refractivity contribution in [2.75, 3.05) is 26.7 Å². The molecule has 2 heterocycles. The Bertz CT molecular complexity index is 1490. The van der Waals surface area contributed by atoms with Gasteiger partial charge >= 0.3 is 0 Å². The Morgan fingerprint density at radius 2 is 1.71 bits per heavy atom. The fourth-order valence-corrected chi connectivity index (χ4v) is 6.60. The predicted octanol–water partition coefficient (Wildman–Crippen LogP) is 5.88. The van der Waals surface area contributed by atoms with Crippen LogP contribution in [0.4, 0.5) is 5.69 Å². The van der Waals surface area contributed by atoms with Crippen LogP contribution < -0.4 is 9.47 Å². The van der Waals surface area contributed by atoms with Crippen LogP contribution in [0.15, 0.2) is 70.6 Å². The van der Waals surface area contributed by atoms with Crippen molar-refractivity contribution in [3.05, 3.63) is 77.4 Å². The predicted molar refractivity (Wildman–Crippen MR) is 151 cm³/mol. The maximum absolute atomic E-state index is 13.6. The van der Waals surface area contributed by atoms with Crippen molar-refractivity contribution in [3.63, 3.8) is 0 Å². The molecule has 200 valence electrons. The van der Waals surface area contributed by atoms with Gasteiger partial charge in [-0.05, 0) is 72.9 Å². The monoisotopic (exact) mass is 533 g/mol. The van der Waals surface area contributed by atoms with Gasteiger partial charge in [-0.2, -0.15) is 4.31 Å². The maximum atomic E-state index is 13.6. The van der Waals surface area contributed by atoms with Crippen LogP contribution in [0.1, 0.15) is 44.4 Å². The summed E-state index contributed by atoms with van der Waals surface area (Å²) < 4.78 is 40.6. The number of sulfonamides is 1. The molecule has 8 heteroatoms. The second-order valence-electron chi connectivity index (χ2n) is 11.1. The van der Waals surface area contributed by atoms with Gasteiger partial charge in [0.1, 0.15) is 23.0 Å². The van der Waals surface area contributed by atoms with Crippen LogP contribution in [0, 0.1) is 6.92 Å². The van der Waals surface area contributed by atoms with Gasteiger partial charge in [-0.1, -0.05) is 39.0 Å². The highest BCUT2D eigenvalue weighted by atomic mass is 32.2. The van der Waals surface area contributed by atoms with E-state index in [0.717, 1.165) is 28.2 Å². The molecule has 7 nitrogen and oxygen atoms in total. The Kier molecular flexibility index (Phi) is 6.73. The zero-order valence-electron chi connectivity index (χ0n) is 22.9. The van der Waals surface area contributed by atoms with E-state index < -0.39 is 10.0 Å². The number of benzene rings is 3. The lowest BCUT2D eigenvalue weighted by Gasteiger charge is -2.40. The molecule has 2 aliphatic heterocycles. The summed E-state index contributed by atoms with van der Waals surface area (Å²) >= 11 is 0. The van der Waals surface area contributed by atoms with Crippen LogP contribution in [0.25, 0.3) is 0 Å². The van der Waals surface area contributed by atoms with Crippen molar-refractivity contribution in [2.24, 2.45) is 4.99 Å². The lowest BCUT2D eigenvalue weighted by molar-refractivity contribution is 0.205. The molecule has 0 spiro atoms. The lowest BCUT2D eigenvalue weighted by atomic mass is 9.87. The highest BCUT2D eigenvalue weighted by molar-refractivity contribution is 7.89. The van der Waals surface area contributed by atoms with Crippen LogP contribution in [-0.4, -0.2) is 56.2 Å². The molecule has 0 unspecified atom stereocenters. The first kappa shape index (κ1) is 26.3. The number of rotatable bonds is 3. The van der Waals surface area contributed by atoms with Gasteiger partial charge in [-0.15, -0.1) is 0 Å². The Hall–Kier alpha value is -3.36. The van der Waals surface area contributed by atoms with E-state index in [9.17, 15) is 8.42 Å². The molecule has 0 saturated carbocycles. The molecule has 0 amide bonds. The van der Waals surface area contributed by atoms with Gasteiger partial charge < -0.3 is 14.4 Å². The molecule has 1 saturated heterocycles. The first-order chi connectivity index (χ1) is 18.0. The summed E-state index contributed by atoms with van der Waals surface area (Å²) in [6, 6.07) is 18.7. The van der Waals surface area contributed by atoms with E-state index in [4.69, 9.17) is 14.5 Å². The molecular formula is C30H35N3O4S. The number of hydrogen-bond donors (Lipinski definition) is 0.